The van der Waals surface area contributed by atoms with E-state index < -0.39 is 0 Å². The van der Waals surface area contributed by atoms with Gasteiger partial charge >= 0.3 is 0 Å². The van der Waals surface area contributed by atoms with E-state index in [0.717, 1.165) is 32.6 Å². The molecule has 0 saturated carbocycles. The van der Waals surface area contributed by atoms with Gasteiger partial charge in [-0.3, -0.25) is 9.69 Å². The van der Waals surface area contributed by atoms with Gasteiger partial charge in [-0.1, -0.05) is 47.7 Å². The first-order chi connectivity index (χ1) is 15.5. The van der Waals surface area contributed by atoms with Crippen molar-refractivity contribution in [3.63, 3.8) is 0 Å². The number of para-hydroxylation sites is 2. The Labute approximate surface area is 191 Å². The van der Waals surface area contributed by atoms with Gasteiger partial charge in [0.2, 0.25) is 0 Å². The van der Waals surface area contributed by atoms with Crippen LogP contribution in [0.2, 0.25) is 0 Å². The number of hydrogen-bond acceptors (Lipinski definition) is 5. The minimum Gasteiger partial charge on any atom is -0.493 e. The van der Waals surface area contributed by atoms with Crippen molar-refractivity contribution in [1.29, 1.82) is 0 Å². The van der Waals surface area contributed by atoms with E-state index in [1.54, 1.807) is 31.3 Å². The first-order valence-corrected chi connectivity index (χ1v) is 11.0. The van der Waals surface area contributed by atoms with Crippen LogP contribution < -0.4 is 14.4 Å². The SMILES string of the molecule is COc1ccc(/C=C/C(=O)N(c2nc3ccccc3s2)c2c(C)cccc2C)cc1OC. The number of ether oxygens (including phenoxy) is 2. The number of anilines is 2. The molecule has 0 atom stereocenters. The highest BCUT2D eigenvalue weighted by molar-refractivity contribution is 7.22. The summed E-state index contributed by atoms with van der Waals surface area (Å²) in [5, 5.41) is 0.644. The van der Waals surface area contributed by atoms with Gasteiger partial charge in [-0.2, -0.15) is 0 Å². The molecule has 1 aromatic heterocycles. The summed E-state index contributed by atoms with van der Waals surface area (Å²) in [7, 11) is 3.18. The summed E-state index contributed by atoms with van der Waals surface area (Å²) in [6, 6.07) is 19.5. The molecule has 1 heterocycles. The van der Waals surface area contributed by atoms with E-state index in [-0.39, 0.29) is 5.91 Å². The predicted molar refractivity (Wildman–Crippen MR) is 131 cm³/mol. The zero-order chi connectivity index (χ0) is 22.7. The highest BCUT2D eigenvalue weighted by atomic mass is 32.1. The van der Waals surface area contributed by atoms with Crippen molar-refractivity contribution in [3.05, 3.63) is 83.4 Å². The second-order valence-electron chi connectivity index (χ2n) is 7.33. The Kier molecular flexibility index (Phi) is 6.23. The Bertz CT molecular complexity index is 1260. The first-order valence-electron chi connectivity index (χ1n) is 10.2. The fourth-order valence-electron chi connectivity index (χ4n) is 3.61. The molecule has 0 fully saturated rings. The van der Waals surface area contributed by atoms with Crippen LogP contribution in [0.3, 0.4) is 0 Å². The lowest BCUT2D eigenvalue weighted by molar-refractivity contribution is -0.113. The van der Waals surface area contributed by atoms with E-state index in [4.69, 9.17) is 14.5 Å². The normalized spacial score (nSPS) is 11.1. The Morgan fingerprint density at radius 2 is 1.66 bits per heavy atom. The number of thiazole rings is 1. The van der Waals surface area contributed by atoms with Crippen molar-refractivity contribution < 1.29 is 14.3 Å². The minimum atomic E-state index is -0.170. The van der Waals surface area contributed by atoms with Gasteiger partial charge in [0.15, 0.2) is 16.6 Å². The topological polar surface area (TPSA) is 51.7 Å². The van der Waals surface area contributed by atoms with Crippen LogP contribution in [0.15, 0.2) is 66.7 Å². The van der Waals surface area contributed by atoms with Crippen molar-refractivity contribution in [3.8, 4) is 11.5 Å². The number of benzene rings is 3. The monoisotopic (exact) mass is 444 g/mol. The maximum absolute atomic E-state index is 13.5. The molecule has 0 unspecified atom stereocenters. The molecule has 5 nitrogen and oxygen atoms in total. The molecule has 4 rings (SSSR count). The fourth-order valence-corrected chi connectivity index (χ4v) is 4.59. The van der Waals surface area contributed by atoms with E-state index in [1.807, 2.05) is 74.5 Å². The van der Waals surface area contributed by atoms with Crippen molar-refractivity contribution in [2.24, 2.45) is 0 Å². The molecule has 0 aliphatic heterocycles. The minimum absolute atomic E-state index is 0.170. The zero-order valence-corrected chi connectivity index (χ0v) is 19.3. The van der Waals surface area contributed by atoms with Crippen LogP contribution >= 0.6 is 11.3 Å². The quantitative estimate of drug-likeness (QED) is 0.327. The number of nitrogens with zero attached hydrogens (tertiary/aromatic N) is 2. The Hall–Kier alpha value is -3.64. The highest BCUT2D eigenvalue weighted by Crippen LogP contribution is 2.37. The molecule has 0 aliphatic carbocycles. The fraction of sp³-hybridized carbons (Fsp3) is 0.154. The van der Waals surface area contributed by atoms with Crippen LogP contribution in [0.25, 0.3) is 16.3 Å². The third-order valence-electron chi connectivity index (χ3n) is 5.18. The number of aromatic nitrogens is 1. The van der Waals surface area contributed by atoms with Gasteiger partial charge in [0.1, 0.15) is 0 Å². The predicted octanol–water partition coefficient (Wildman–Crippen LogP) is 6.31. The number of rotatable bonds is 6. The number of fused-ring (bicyclic) bond motifs is 1. The molecule has 0 radical (unpaired) electrons. The lowest BCUT2D eigenvalue weighted by atomic mass is 10.1. The lowest BCUT2D eigenvalue weighted by Gasteiger charge is -2.22. The van der Waals surface area contributed by atoms with Gasteiger partial charge in [0.25, 0.3) is 5.91 Å². The molecule has 4 aromatic rings. The third-order valence-corrected chi connectivity index (χ3v) is 6.20. The van der Waals surface area contributed by atoms with Gasteiger partial charge in [-0.15, -0.1) is 0 Å². The number of methoxy groups -OCH3 is 2. The Morgan fingerprint density at radius 1 is 0.938 bits per heavy atom. The molecule has 162 valence electrons. The smallest absolute Gasteiger partial charge is 0.257 e. The van der Waals surface area contributed by atoms with Gasteiger partial charge in [-0.25, -0.2) is 4.98 Å². The Balaban J connectivity index is 1.76. The zero-order valence-electron chi connectivity index (χ0n) is 18.5. The van der Waals surface area contributed by atoms with Crippen molar-refractivity contribution >= 4 is 44.4 Å². The largest absolute Gasteiger partial charge is 0.493 e. The molecule has 1 amide bonds. The number of aryl methyl sites for hydroxylation is 2. The second-order valence-corrected chi connectivity index (χ2v) is 8.34. The summed E-state index contributed by atoms with van der Waals surface area (Å²) in [4.78, 5) is 20.0. The van der Waals surface area contributed by atoms with Crippen molar-refractivity contribution in [2.45, 2.75) is 13.8 Å². The van der Waals surface area contributed by atoms with E-state index >= 15 is 0 Å². The first kappa shape index (κ1) is 21.6. The summed E-state index contributed by atoms with van der Waals surface area (Å²) in [6.07, 6.45) is 3.34. The van der Waals surface area contributed by atoms with Crippen LogP contribution in [0.1, 0.15) is 16.7 Å². The maximum atomic E-state index is 13.5. The molecule has 3 aromatic carbocycles. The standard InChI is InChI=1S/C26H24N2O3S/c1-17-8-7-9-18(2)25(17)28(26-27-20-10-5-6-11-23(20)32-26)24(29)15-13-19-12-14-21(30-3)22(16-19)31-4/h5-16H,1-4H3/b15-13+. The van der Waals surface area contributed by atoms with Gasteiger partial charge in [-0.05, 0) is 60.9 Å². The van der Waals surface area contributed by atoms with Crippen molar-refractivity contribution in [1.82, 2.24) is 4.98 Å². The molecular weight excluding hydrogens is 420 g/mol. The maximum Gasteiger partial charge on any atom is 0.257 e. The summed E-state index contributed by atoms with van der Waals surface area (Å²) in [6.45, 7) is 4.02. The van der Waals surface area contributed by atoms with Crippen LogP contribution in [0, 0.1) is 13.8 Å². The van der Waals surface area contributed by atoms with Gasteiger partial charge < -0.3 is 9.47 Å². The van der Waals surface area contributed by atoms with Crippen LogP contribution in [-0.2, 0) is 4.79 Å². The van der Waals surface area contributed by atoms with Crippen molar-refractivity contribution in [2.75, 3.05) is 19.1 Å². The van der Waals surface area contributed by atoms with Gasteiger partial charge in [0, 0.05) is 6.08 Å². The van der Waals surface area contributed by atoms with Gasteiger partial charge in [0.05, 0.1) is 30.1 Å². The van der Waals surface area contributed by atoms with Crippen LogP contribution in [0.4, 0.5) is 10.8 Å². The molecule has 0 N–H and O–H groups in total. The second kappa shape index (κ2) is 9.24. The number of hydrogen-bond donors (Lipinski definition) is 0. The molecule has 0 spiro atoms. The lowest BCUT2D eigenvalue weighted by Crippen LogP contribution is -2.25. The average Bonchev–Trinajstić information content (AvgIpc) is 3.23. The summed E-state index contributed by atoms with van der Waals surface area (Å²) < 4.78 is 11.7. The number of carbonyl (C=O) groups is 1. The van der Waals surface area contributed by atoms with E-state index in [9.17, 15) is 4.79 Å². The molecule has 32 heavy (non-hydrogen) atoms. The molecule has 0 aliphatic rings. The van der Waals surface area contributed by atoms with E-state index in [2.05, 4.69) is 0 Å². The molecular formula is C26H24N2O3S. The summed E-state index contributed by atoms with van der Waals surface area (Å²) >= 11 is 1.50. The Morgan fingerprint density at radius 3 is 2.34 bits per heavy atom. The summed E-state index contributed by atoms with van der Waals surface area (Å²) in [5.74, 6) is 1.08. The third kappa shape index (κ3) is 4.22. The number of amides is 1. The average molecular weight is 445 g/mol. The highest BCUT2D eigenvalue weighted by Gasteiger charge is 2.23. The van der Waals surface area contributed by atoms with E-state index in [0.29, 0.717) is 16.6 Å². The molecule has 0 bridgehead atoms. The summed E-state index contributed by atoms with van der Waals surface area (Å²) in [5.41, 5.74) is 4.59. The molecule has 6 heteroatoms. The van der Waals surface area contributed by atoms with E-state index in [1.165, 1.54) is 11.3 Å². The van der Waals surface area contributed by atoms with Crippen LogP contribution in [0.5, 0.6) is 11.5 Å². The molecule has 0 saturated heterocycles. The van der Waals surface area contributed by atoms with Crippen LogP contribution in [-0.4, -0.2) is 25.1 Å². The number of carbonyl (C=O) groups excluding carboxylic acids is 1.